The SMILES string of the molecule is CCCC1=C(c2cccs2)NNC1c1ccc(Cl)cc1. The van der Waals surface area contributed by atoms with Crippen molar-refractivity contribution in [1.82, 2.24) is 10.9 Å². The molecule has 1 aromatic heterocycles. The van der Waals surface area contributed by atoms with E-state index in [1.807, 2.05) is 12.1 Å². The molecule has 0 fully saturated rings. The van der Waals surface area contributed by atoms with Crippen LogP contribution < -0.4 is 10.9 Å². The van der Waals surface area contributed by atoms with Crippen molar-refractivity contribution in [2.75, 3.05) is 0 Å². The molecule has 20 heavy (non-hydrogen) atoms. The average Bonchev–Trinajstić information content (AvgIpc) is 3.09. The predicted molar refractivity (Wildman–Crippen MR) is 86.6 cm³/mol. The molecule has 2 nitrogen and oxygen atoms in total. The molecule has 2 N–H and O–H groups in total. The molecule has 0 spiro atoms. The van der Waals surface area contributed by atoms with Crippen LogP contribution in [0.5, 0.6) is 0 Å². The maximum absolute atomic E-state index is 5.98. The Bertz CT molecular complexity index is 602. The second kappa shape index (κ2) is 6.00. The predicted octanol–water partition coefficient (Wildman–Crippen LogP) is 4.76. The van der Waals surface area contributed by atoms with Gasteiger partial charge in [0.15, 0.2) is 0 Å². The Morgan fingerprint density at radius 3 is 2.65 bits per heavy atom. The Morgan fingerprint density at radius 1 is 1.20 bits per heavy atom. The fourth-order valence-corrected chi connectivity index (χ4v) is 3.46. The van der Waals surface area contributed by atoms with Crippen LogP contribution in [0.15, 0.2) is 47.4 Å². The molecule has 4 heteroatoms. The van der Waals surface area contributed by atoms with Crippen molar-refractivity contribution in [3.05, 3.63) is 62.8 Å². The molecular formula is C16H17ClN2S. The molecule has 1 aliphatic heterocycles. The van der Waals surface area contributed by atoms with E-state index in [0.717, 1.165) is 17.9 Å². The van der Waals surface area contributed by atoms with Crippen molar-refractivity contribution in [1.29, 1.82) is 0 Å². The van der Waals surface area contributed by atoms with E-state index < -0.39 is 0 Å². The average molecular weight is 305 g/mol. The summed E-state index contributed by atoms with van der Waals surface area (Å²) in [7, 11) is 0. The molecule has 0 amide bonds. The van der Waals surface area contributed by atoms with Gasteiger partial charge in [-0.1, -0.05) is 43.1 Å². The number of hydrogen-bond donors (Lipinski definition) is 2. The first-order valence-corrected chi connectivity index (χ1v) is 8.09. The van der Waals surface area contributed by atoms with E-state index in [1.54, 1.807) is 11.3 Å². The number of hydrazine groups is 1. The summed E-state index contributed by atoms with van der Waals surface area (Å²) in [5.41, 5.74) is 10.7. The van der Waals surface area contributed by atoms with E-state index in [2.05, 4.69) is 47.4 Å². The van der Waals surface area contributed by atoms with E-state index >= 15 is 0 Å². The molecule has 0 aliphatic carbocycles. The first kappa shape index (κ1) is 13.7. The van der Waals surface area contributed by atoms with E-state index in [-0.39, 0.29) is 6.04 Å². The third-order valence-electron chi connectivity index (χ3n) is 3.50. The lowest BCUT2D eigenvalue weighted by molar-refractivity contribution is 0.588. The molecule has 2 heterocycles. The Hall–Kier alpha value is -1.29. The van der Waals surface area contributed by atoms with Gasteiger partial charge in [-0.15, -0.1) is 11.3 Å². The van der Waals surface area contributed by atoms with Crippen molar-refractivity contribution in [2.45, 2.75) is 25.8 Å². The minimum Gasteiger partial charge on any atom is -0.319 e. The van der Waals surface area contributed by atoms with E-state index in [0.29, 0.717) is 0 Å². The molecule has 0 radical (unpaired) electrons. The fourth-order valence-electron chi connectivity index (χ4n) is 2.58. The Balaban J connectivity index is 1.98. The highest BCUT2D eigenvalue weighted by atomic mass is 35.5. The van der Waals surface area contributed by atoms with Gasteiger partial charge in [-0.3, -0.25) is 0 Å². The minimum absolute atomic E-state index is 0.226. The molecule has 1 aromatic carbocycles. The number of thiophene rings is 1. The van der Waals surface area contributed by atoms with Crippen LogP contribution in [0.4, 0.5) is 0 Å². The zero-order chi connectivity index (χ0) is 13.9. The summed E-state index contributed by atoms with van der Waals surface area (Å²) in [5, 5.41) is 2.89. The normalized spacial score (nSPS) is 18.4. The van der Waals surface area contributed by atoms with E-state index in [4.69, 9.17) is 11.6 Å². The molecular weight excluding hydrogens is 288 g/mol. The van der Waals surface area contributed by atoms with Crippen molar-refractivity contribution in [3.63, 3.8) is 0 Å². The monoisotopic (exact) mass is 304 g/mol. The van der Waals surface area contributed by atoms with Gasteiger partial charge in [0.05, 0.1) is 16.6 Å². The minimum atomic E-state index is 0.226. The van der Waals surface area contributed by atoms with Gasteiger partial charge in [0.25, 0.3) is 0 Å². The highest BCUT2D eigenvalue weighted by molar-refractivity contribution is 7.11. The van der Waals surface area contributed by atoms with Crippen LogP contribution in [0.1, 0.15) is 36.2 Å². The number of hydrogen-bond acceptors (Lipinski definition) is 3. The first-order chi connectivity index (χ1) is 9.79. The lowest BCUT2D eigenvalue weighted by atomic mass is 9.95. The molecule has 1 unspecified atom stereocenters. The van der Waals surface area contributed by atoms with Crippen molar-refractivity contribution >= 4 is 28.6 Å². The largest absolute Gasteiger partial charge is 0.319 e. The third-order valence-corrected chi connectivity index (χ3v) is 4.64. The van der Waals surface area contributed by atoms with Gasteiger partial charge in [0.1, 0.15) is 0 Å². The van der Waals surface area contributed by atoms with Crippen molar-refractivity contribution in [2.24, 2.45) is 0 Å². The van der Waals surface area contributed by atoms with Crippen molar-refractivity contribution in [3.8, 4) is 0 Å². The highest BCUT2D eigenvalue weighted by Crippen LogP contribution is 2.36. The molecule has 0 saturated heterocycles. The topological polar surface area (TPSA) is 24.1 Å². The van der Waals surface area contributed by atoms with Gasteiger partial charge >= 0.3 is 0 Å². The summed E-state index contributed by atoms with van der Waals surface area (Å²) in [5.74, 6) is 0. The van der Waals surface area contributed by atoms with Crippen LogP contribution in [0.2, 0.25) is 5.02 Å². The number of nitrogens with one attached hydrogen (secondary N) is 2. The molecule has 1 aliphatic rings. The maximum atomic E-state index is 5.98. The van der Waals surface area contributed by atoms with Crippen LogP contribution in [0.3, 0.4) is 0 Å². The van der Waals surface area contributed by atoms with Crippen LogP contribution in [-0.4, -0.2) is 0 Å². The summed E-state index contributed by atoms with van der Waals surface area (Å²) in [6.07, 6.45) is 2.22. The Morgan fingerprint density at radius 2 is 2.00 bits per heavy atom. The maximum Gasteiger partial charge on any atom is 0.0743 e. The zero-order valence-electron chi connectivity index (χ0n) is 11.3. The molecule has 1 atom stereocenters. The van der Waals surface area contributed by atoms with Crippen LogP contribution >= 0.6 is 22.9 Å². The Labute approximate surface area is 128 Å². The summed E-state index contributed by atoms with van der Waals surface area (Å²) < 4.78 is 0. The summed E-state index contributed by atoms with van der Waals surface area (Å²) in [6, 6.07) is 12.6. The molecule has 0 bridgehead atoms. The summed E-state index contributed by atoms with van der Waals surface area (Å²) in [6.45, 7) is 2.22. The Kier molecular flexibility index (Phi) is 4.10. The first-order valence-electron chi connectivity index (χ1n) is 6.83. The van der Waals surface area contributed by atoms with E-state index in [1.165, 1.54) is 21.7 Å². The second-order valence-corrected chi connectivity index (χ2v) is 6.27. The second-order valence-electron chi connectivity index (χ2n) is 4.88. The van der Waals surface area contributed by atoms with Crippen molar-refractivity contribution < 1.29 is 0 Å². The molecule has 2 aromatic rings. The van der Waals surface area contributed by atoms with Crippen LogP contribution in [-0.2, 0) is 0 Å². The fraction of sp³-hybridized carbons (Fsp3) is 0.250. The summed E-state index contributed by atoms with van der Waals surface area (Å²) in [4.78, 5) is 1.29. The van der Waals surface area contributed by atoms with Gasteiger partial charge < -0.3 is 5.43 Å². The highest BCUT2D eigenvalue weighted by Gasteiger charge is 2.26. The zero-order valence-corrected chi connectivity index (χ0v) is 12.9. The quantitative estimate of drug-likeness (QED) is 0.851. The van der Waals surface area contributed by atoms with Crippen LogP contribution in [0, 0.1) is 0 Å². The standard InChI is InChI=1S/C16H17ClN2S/c1-2-4-13-15(11-6-8-12(17)9-7-11)18-19-16(13)14-5-3-10-20-14/h3,5-10,15,18-19H,2,4H2,1H3. The smallest absolute Gasteiger partial charge is 0.0743 e. The summed E-state index contributed by atoms with van der Waals surface area (Å²) >= 11 is 7.75. The van der Waals surface area contributed by atoms with Gasteiger partial charge in [0.2, 0.25) is 0 Å². The lowest BCUT2D eigenvalue weighted by Crippen LogP contribution is -2.26. The number of rotatable bonds is 4. The number of benzene rings is 1. The molecule has 0 saturated carbocycles. The van der Waals surface area contributed by atoms with E-state index in [9.17, 15) is 0 Å². The van der Waals surface area contributed by atoms with Gasteiger partial charge in [-0.25, -0.2) is 5.43 Å². The van der Waals surface area contributed by atoms with Gasteiger partial charge in [0, 0.05) is 5.02 Å². The van der Waals surface area contributed by atoms with Gasteiger partial charge in [-0.2, -0.15) is 0 Å². The lowest BCUT2D eigenvalue weighted by Gasteiger charge is -2.14. The van der Waals surface area contributed by atoms with Crippen LogP contribution in [0.25, 0.3) is 5.70 Å². The molecule has 3 rings (SSSR count). The number of halogens is 1. The third kappa shape index (κ3) is 2.62. The molecule has 104 valence electrons. The van der Waals surface area contributed by atoms with Gasteiger partial charge in [-0.05, 0) is 41.1 Å².